The van der Waals surface area contributed by atoms with E-state index in [-0.39, 0.29) is 12.5 Å². The second-order valence-corrected chi connectivity index (χ2v) is 4.04. The minimum atomic E-state index is -1.23. The van der Waals surface area contributed by atoms with Gasteiger partial charge in [-0.15, -0.1) is 0 Å². The van der Waals surface area contributed by atoms with Crippen LogP contribution in [0.3, 0.4) is 0 Å². The number of amides is 1. The van der Waals surface area contributed by atoms with E-state index < -0.39 is 17.4 Å². The van der Waals surface area contributed by atoms with Crippen LogP contribution < -0.4 is 5.32 Å². The average Bonchev–Trinajstić information content (AvgIpc) is 2.12. The van der Waals surface area contributed by atoms with Gasteiger partial charge in [0.15, 0.2) is 0 Å². The van der Waals surface area contributed by atoms with Crippen LogP contribution in [0.1, 0.15) is 27.7 Å². The molecule has 0 aliphatic rings. The highest BCUT2D eigenvalue weighted by Gasteiger charge is 2.27. The Morgan fingerprint density at radius 1 is 1.47 bits per heavy atom. The summed E-state index contributed by atoms with van der Waals surface area (Å²) < 4.78 is 4.63. The lowest BCUT2D eigenvalue weighted by atomic mass is 9.95. The first-order chi connectivity index (χ1) is 6.82. The molecule has 5 heteroatoms. The van der Waals surface area contributed by atoms with E-state index in [1.807, 2.05) is 0 Å². The van der Waals surface area contributed by atoms with Crippen molar-refractivity contribution in [2.24, 2.45) is 5.41 Å². The lowest BCUT2D eigenvalue weighted by Crippen LogP contribution is -2.45. The van der Waals surface area contributed by atoms with Gasteiger partial charge in [0.25, 0.3) is 0 Å². The number of rotatable bonds is 3. The van der Waals surface area contributed by atoms with E-state index >= 15 is 0 Å². The average molecular weight is 212 g/mol. The number of hydrogen-bond acceptors (Lipinski definition) is 4. The Bertz CT molecular complexity index is 286. The largest absolute Gasteiger partial charge is 0.464 e. The van der Waals surface area contributed by atoms with Crippen LogP contribution in [0.2, 0.25) is 0 Å². The Morgan fingerprint density at radius 2 is 2.00 bits per heavy atom. The highest BCUT2D eigenvalue weighted by Crippen LogP contribution is 2.12. The van der Waals surface area contributed by atoms with E-state index in [2.05, 4.69) is 10.1 Å². The van der Waals surface area contributed by atoms with Crippen molar-refractivity contribution in [3.8, 4) is 6.07 Å². The fourth-order valence-electron chi connectivity index (χ4n) is 0.717. The molecule has 0 unspecified atom stereocenters. The number of carbonyl (C=O) groups excluding carboxylic acids is 2. The lowest BCUT2D eigenvalue weighted by Gasteiger charge is -2.19. The van der Waals surface area contributed by atoms with Crippen LogP contribution >= 0.6 is 0 Å². The molecule has 0 radical (unpaired) electrons. The molecule has 0 aromatic carbocycles. The molecule has 0 aromatic heterocycles. The third-order valence-electron chi connectivity index (χ3n) is 1.61. The van der Waals surface area contributed by atoms with Crippen LogP contribution in [0.25, 0.3) is 0 Å². The van der Waals surface area contributed by atoms with Crippen molar-refractivity contribution in [2.75, 3.05) is 6.61 Å². The molecule has 0 spiro atoms. The molecule has 0 rings (SSSR count). The minimum Gasteiger partial charge on any atom is -0.464 e. The molecule has 0 bridgehead atoms. The predicted molar refractivity (Wildman–Crippen MR) is 53.6 cm³/mol. The molecule has 5 nitrogen and oxygen atoms in total. The maximum absolute atomic E-state index is 11.5. The van der Waals surface area contributed by atoms with Gasteiger partial charge in [-0.05, 0) is 6.92 Å². The topological polar surface area (TPSA) is 79.2 Å². The van der Waals surface area contributed by atoms with Gasteiger partial charge in [0, 0.05) is 5.41 Å². The summed E-state index contributed by atoms with van der Waals surface area (Å²) in [6.07, 6.45) is 0. The molecule has 1 N–H and O–H groups in total. The van der Waals surface area contributed by atoms with Gasteiger partial charge in [-0.25, -0.2) is 4.79 Å². The lowest BCUT2D eigenvalue weighted by molar-refractivity contribution is -0.146. The maximum atomic E-state index is 11.5. The molecule has 0 fully saturated rings. The van der Waals surface area contributed by atoms with Gasteiger partial charge in [-0.3, -0.25) is 4.79 Å². The molecule has 0 aromatic rings. The first-order valence-corrected chi connectivity index (χ1v) is 4.70. The second-order valence-electron chi connectivity index (χ2n) is 4.04. The SMILES string of the molecule is CCOC(=O)[C@H](C#N)NC(=O)C(C)(C)C. The summed E-state index contributed by atoms with van der Waals surface area (Å²) in [5, 5.41) is 11.0. The Hall–Kier alpha value is -1.57. The number of hydrogen-bond donors (Lipinski definition) is 1. The van der Waals surface area contributed by atoms with Gasteiger partial charge in [0.2, 0.25) is 11.9 Å². The third-order valence-corrected chi connectivity index (χ3v) is 1.61. The number of nitrogens with zero attached hydrogens (tertiary/aromatic N) is 1. The normalized spacial score (nSPS) is 12.5. The zero-order valence-corrected chi connectivity index (χ0v) is 9.46. The van der Waals surface area contributed by atoms with Crippen molar-refractivity contribution in [2.45, 2.75) is 33.7 Å². The second kappa shape index (κ2) is 5.35. The number of esters is 1. The minimum absolute atomic E-state index is 0.183. The molecule has 0 saturated carbocycles. The van der Waals surface area contributed by atoms with E-state index in [0.717, 1.165) is 0 Å². The molecule has 15 heavy (non-hydrogen) atoms. The fourth-order valence-corrected chi connectivity index (χ4v) is 0.717. The Morgan fingerprint density at radius 3 is 2.33 bits per heavy atom. The zero-order valence-electron chi connectivity index (χ0n) is 9.46. The molecular formula is C10H16N2O3. The summed E-state index contributed by atoms with van der Waals surface area (Å²) in [5.74, 6) is -1.08. The molecule has 0 aliphatic carbocycles. The van der Waals surface area contributed by atoms with Gasteiger partial charge < -0.3 is 10.1 Å². The Labute approximate surface area is 89.4 Å². The van der Waals surface area contributed by atoms with Crippen LogP contribution in [-0.4, -0.2) is 24.5 Å². The molecule has 84 valence electrons. The third kappa shape index (κ3) is 4.45. The molecule has 1 amide bonds. The molecular weight excluding hydrogens is 196 g/mol. The van der Waals surface area contributed by atoms with Crippen molar-refractivity contribution >= 4 is 11.9 Å². The number of nitriles is 1. The van der Waals surface area contributed by atoms with E-state index in [1.54, 1.807) is 33.8 Å². The highest BCUT2D eigenvalue weighted by atomic mass is 16.5. The standard InChI is InChI=1S/C10H16N2O3/c1-5-15-8(13)7(6-11)12-9(14)10(2,3)4/h7H,5H2,1-4H3,(H,12,14)/t7-/m0/s1. The van der Waals surface area contributed by atoms with Crippen molar-refractivity contribution in [1.82, 2.24) is 5.32 Å². The van der Waals surface area contributed by atoms with E-state index in [0.29, 0.717) is 0 Å². The summed E-state index contributed by atoms with van der Waals surface area (Å²) in [6.45, 7) is 6.91. The van der Waals surface area contributed by atoms with Crippen molar-refractivity contribution in [3.05, 3.63) is 0 Å². The summed E-state index contributed by atoms with van der Waals surface area (Å²) in [5.41, 5.74) is -0.637. The monoisotopic (exact) mass is 212 g/mol. The molecule has 0 aliphatic heterocycles. The van der Waals surface area contributed by atoms with Gasteiger partial charge >= 0.3 is 5.97 Å². The maximum Gasteiger partial charge on any atom is 0.343 e. The summed E-state index contributed by atoms with van der Waals surface area (Å²) in [4.78, 5) is 22.6. The summed E-state index contributed by atoms with van der Waals surface area (Å²) >= 11 is 0. The van der Waals surface area contributed by atoms with Gasteiger partial charge in [-0.2, -0.15) is 5.26 Å². The van der Waals surface area contributed by atoms with Crippen molar-refractivity contribution < 1.29 is 14.3 Å². The quantitative estimate of drug-likeness (QED) is 0.695. The first-order valence-electron chi connectivity index (χ1n) is 4.70. The molecule has 1 atom stereocenters. The van der Waals surface area contributed by atoms with Crippen LogP contribution in [0.15, 0.2) is 0 Å². The fraction of sp³-hybridized carbons (Fsp3) is 0.700. The van der Waals surface area contributed by atoms with E-state index in [4.69, 9.17) is 5.26 Å². The van der Waals surface area contributed by atoms with Gasteiger partial charge in [0.1, 0.15) is 0 Å². The number of carbonyl (C=O) groups is 2. The molecule has 0 heterocycles. The van der Waals surface area contributed by atoms with Crippen LogP contribution in [0, 0.1) is 16.7 Å². The van der Waals surface area contributed by atoms with Crippen LogP contribution in [0.4, 0.5) is 0 Å². The van der Waals surface area contributed by atoms with Crippen molar-refractivity contribution in [3.63, 3.8) is 0 Å². The smallest absolute Gasteiger partial charge is 0.343 e. The first kappa shape index (κ1) is 13.4. The number of ether oxygens (including phenoxy) is 1. The van der Waals surface area contributed by atoms with Gasteiger partial charge in [-0.1, -0.05) is 20.8 Å². The van der Waals surface area contributed by atoms with Crippen molar-refractivity contribution in [1.29, 1.82) is 5.26 Å². The summed E-state index contributed by atoms with van der Waals surface area (Å²) in [6, 6.07) is 0.458. The molecule has 0 saturated heterocycles. The van der Waals surface area contributed by atoms with Crippen LogP contribution in [0.5, 0.6) is 0 Å². The van der Waals surface area contributed by atoms with Gasteiger partial charge in [0.05, 0.1) is 12.7 Å². The van der Waals surface area contributed by atoms with E-state index in [1.165, 1.54) is 0 Å². The zero-order chi connectivity index (χ0) is 12.1. The Balaban J connectivity index is 4.43. The van der Waals surface area contributed by atoms with E-state index in [9.17, 15) is 9.59 Å². The predicted octanol–water partition coefficient (Wildman–Crippen LogP) is 0.604. The number of nitrogens with one attached hydrogen (secondary N) is 1. The van der Waals surface area contributed by atoms with Crippen LogP contribution in [-0.2, 0) is 14.3 Å². The highest BCUT2D eigenvalue weighted by molar-refractivity contribution is 5.88. The Kier molecular flexibility index (Phi) is 4.79. The summed E-state index contributed by atoms with van der Waals surface area (Å²) in [7, 11) is 0.